The molecule has 4 rings (SSSR count). The molecule has 21 heavy (non-hydrogen) atoms. The van der Waals surface area contributed by atoms with Crippen molar-refractivity contribution in [3.63, 3.8) is 0 Å². The molecule has 4 aliphatic rings. The van der Waals surface area contributed by atoms with Crippen LogP contribution < -0.4 is 0 Å². The molecule has 1 N–H and O–H groups in total. The zero-order valence-corrected chi connectivity index (χ0v) is 13.9. The molecule has 118 valence electrons. The summed E-state index contributed by atoms with van der Waals surface area (Å²) >= 11 is 0. The van der Waals surface area contributed by atoms with Crippen molar-refractivity contribution in [1.29, 1.82) is 0 Å². The number of allylic oxidation sites excluding steroid dienone is 1. The lowest BCUT2D eigenvalue weighted by Crippen LogP contribution is -2.53. The molecule has 4 saturated carbocycles. The third-order valence-corrected chi connectivity index (χ3v) is 8.57. The summed E-state index contributed by atoms with van der Waals surface area (Å²) in [4.78, 5) is 0. The molecule has 4 aliphatic carbocycles. The summed E-state index contributed by atoms with van der Waals surface area (Å²) in [6, 6.07) is 0. The van der Waals surface area contributed by atoms with Gasteiger partial charge in [-0.1, -0.05) is 26.0 Å². The molecule has 0 amide bonds. The van der Waals surface area contributed by atoms with Gasteiger partial charge in [-0.05, 0) is 92.3 Å². The van der Waals surface area contributed by atoms with Crippen LogP contribution in [0.3, 0.4) is 0 Å². The molecule has 0 aromatic carbocycles. The number of hydrogen-bond donors (Lipinski definition) is 1. The van der Waals surface area contributed by atoms with Gasteiger partial charge in [0.05, 0.1) is 6.10 Å². The number of rotatable bonds is 0. The van der Waals surface area contributed by atoms with E-state index < -0.39 is 0 Å². The van der Waals surface area contributed by atoms with Crippen LogP contribution in [0.4, 0.5) is 0 Å². The average Bonchev–Trinajstić information content (AvgIpc) is 2.76. The van der Waals surface area contributed by atoms with Crippen LogP contribution in [0.25, 0.3) is 0 Å². The number of aliphatic hydroxyl groups excluding tert-OH is 1. The van der Waals surface area contributed by atoms with Crippen LogP contribution in [0.5, 0.6) is 0 Å². The van der Waals surface area contributed by atoms with E-state index in [-0.39, 0.29) is 11.5 Å². The molecule has 0 spiro atoms. The first kappa shape index (κ1) is 14.3. The van der Waals surface area contributed by atoms with Crippen molar-refractivity contribution >= 4 is 0 Å². The van der Waals surface area contributed by atoms with Gasteiger partial charge in [0.2, 0.25) is 0 Å². The summed E-state index contributed by atoms with van der Waals surface area (Å²) in [6.45, 7) is 9.28. The van der Waals surface area contributed by atoms with Gasteiger partial charge in [0.1, 0.15) is 0 Å². The van der Waals surface area contributed by atoms with Gasteiger partial charge in [-0.15, -0.1) is 0 Å². The highest BCUT2D eigenvalue weighted by atomic mass is 16.3. The Bertz CT molecular complexity index is 455. The Balaban J connectivity index is 1.64. The normalized spacial score (nSPS) is 56.5. The molecule has 0 aliphatic heterocycles. The standard InChI is InChI=1S/C20H32O/c1-13-8-10-19(2)14(12-13)4-5-15-16-6-7-18(21)20(16,3)11-9-17(15)19/h14-18,21H,1,4-12H2,2-3H3/t14-,15?,16?,17?,18-,19-,20-/m0/s1. The van der Waals surface area contributed by atoms with E-state index >= 15 is 0 Å². The van der Waals surface area contributed by atoms with Gasteiger partial charge in [-0.2, -0.15) is 0 Å². The summed E-state index contributed by atoms with van der Waals surface area (Å²) < 4.78 is 0. The van der Waals surface area contributed by atoms with Crippen LogP contribution in [0, 0.1) is 34.5 Å². The first-order chi connectivity index (χ1) is 9.95. The minimum absolute atomic E-state index is 0.0277. The zero-order valence-electron chi connectivity index (χ0n) is 13.9. The molecule has 1 heteroatoms. The quantitative estimate of drug-likeness (QED) is 0.626. The second-order valence-corrected chi connectivity index (χ2v) is 9.25. The van der Waals surface area contributed by atoms with Crippen molar-refractivity contribution in [2.24, 2.45) is 34.5 Å². The van der Waals surface area contributed by atoms with E-state index in [0.717, 1.165) is 30.1 Å². The lowest BCUT2D eigenvalue weighted by molar-refractivity contribution is -0.115. The van der Waals surface area contributed by atoms with Crippen LogP contribution in [0.15, 0.2) is 12.2 Å². The third-order valence-electron chi connectivity index (χ3n) is 8.57. The number of fused-ring (bicyclic) bond motifs is 5. The van der Waals surface area contributed by atoms with E-state index in [1.807, 2.05) is 0 Å². The van der Waals surface area contributed by atoms with E-state index in [2.05, 4.69) is 20.4 Å². The van der Waals surface area contributed by atoms with E-state index in [1.165, 1.54) is 56.9 Å². The molecule has 0 saturated heterocycles. The minimum Gasteiger partial charge on any atom is -0.393 e. The lowest BCUT2D eigenvalue weighted by atomic mass is 9.45. The summed E-state index contributed by atoms with van der Waals surface area (Å²) in [5.74, 6) is 3.52. The molecule has 0 radical (unpaired) electrons. The van der Waals surface area contributed by atoms with E-state index in [1.54, 1.807) is 0 Å². The highest BCUT2D eigenvalue weighted by Crippen LogP contribution is 2.66. The molecule has 0 aromatic heterocycles. The summed E-state index contributed by atoms with van der Waals surface area (Å²) in [6.07, 6.45) is 11.7. The van der Waals surface area contributed by atoms with Crippen LogP contribution in [-0.4, -0.2) is 11.2 Å². The number of aliphatic hydroxyl groups is 1. The maximum absolute atomic E-state index is 10.5. The Morgan fingerprint density at radius 3 is 2.52 bits per heavy atom. The SMILES string of the molecule is C=C1CC[C@]2(C)C3CC[C@@]4(C)C(CC[C@@H]4O)C3CC[C@H]2C1. The summed E-state index contributed by atoms with van der Waals surface area (Å²) in [5, 5.41) is 10.5. The fourth-order valence-electron chi connectivity index (χ4n) is 7.13. The van der Waals surface area contributed by atoms with Gasteiger partial charge >= 0.3 is 0 Å². The predicted molar refractivity (Wildman–Crippen MR) is 86.9 cm³/mol. The molecular weight excluding hydrogens is 256 g/mol. The highest BCUT2D eigenvalue weighted by Gasteiger charge is 2.59. The minimum atomic E-state index is -0.0277. The summed E-state index contributed by atoms with van der Waals surface area (Å²) in [5.41, 5.74) is 2.31. The summed E-state index contributed by atoms with van der Waals surface area (Å²) in [7, 11) is 0. The molecule has 1 nitrogen and oxygen atoms in total. The van der Waals surface area contributed by atoms with Crippen LogP contribution in [0.2, 0.25) is 0 Å². The molecule has 4 fully saturated rings. The third kappa shape index (κ3) is 1.85. The molecule has 0 heterocycles. The smallest absolute Gasteiger partial charge is 0.0596 e. The van der Waals surface area contributed by atoms with Crippen molar-refractivity contribution < 1.29 is 5.11 Å². The van der Waals surface area contributed by atoms with Gasteiger partial charge in [-0.25, -0.2) is 0 Å². The van der Waals surface area contributed by atoms with E-state index in [0.29, 0.717) is 5.41 Å². The Morgan fingerprint density at radius 1 is 0.952 bits per heavy atom. The molecular formula is C20H32O. The topological polar surface area (TPSA) is 20.2 Å². The maximum atomic E-state index is 10.5. The van der Waals surface area contributed by atoms with Crippen molar-refractivity contribution in [2.75, 3.05) is 0 Å². The largest absolute Gasteiger partial charge is 0.393 e. The van der Waals surface area contributed by atoms with E-state index in [9.17, 15) is 5.11 Å². The Morgan fingerprint density at radius 2 is 1.71 bits per heavy atom. The van der Waals surface area contributed by atoms with Crippen molar-refractivity contribution in [2.45, 2.75) is 77.7 Å². The zero-order chi connectivity index (χ0) is 14.8. The van der Waals surface area contributed by atoms with Gasteiger partial charge in [0.25, 0.3) is 0 Å². The maximum Gasteiger partial charge on any atom is 0.0596 e. The van der Waals surface area contributed by atoms with Crippen LogP contribution in [0.1, 0.15) is 71.6 Å². The first-order valence-corrected chi connectivity index (χ1v) is 9.30. The molecule has 0 bridgehead atoms. The predicted octanol–water partition coefficient (Wildman–Crippen LogP) is 4.95. The second-order valence-electron chi connectivity index (χ2n) is 9.25. The molecule has 7 atom stereocenters. The Labute approximate surface area is 130 Å². The fraction of sp³-hybridized carbons (Fsp3) is 0.900. The number of hydrogen-bond acceptors (Lipinski definition) is 1. The van der Waals surface area contributed by atoms with Gasteiger partial charge < -0.3 is 5.11 Å². The highest BCUT2D eigenvalue weighted by molar-refractivity contribution is 5.13. The second kappa shape index (κ2) is 4.60. The van der Waals surface area contributed by atoms with Gasteiger partial charge in [-0.3, -0.25) is 0 Å². The Kier molecular flexibility index (Phi) is 3.13. The van der Waals surface area contributed by atoms with Gasteiger partial charge in [0, 0.05) is 0 Å². The first-order valence-electron chi connectivity index (χ1n) is 9.30. The van der Waals surface area contributed by atoms with Crippen molar-refractivity contribution in [1.82, 2.24) is 0 Å². The van der Waals surface area contributed by atoms with Crippen LogP contribution >= 0.6 is 0 Å². The van der Waals surface area contributed by atoms with E-state index in [4.69, 9.17) is 0 Å². The van der Waals surface area contributed by atoms with Crippen LogP contribution in [-0.2, 0) is 0 Å². The van der Waals surface area contributed by atoms with Gasteiger partial charge in [0.15, 0.2) is 0 Å². The monoisotopic (exact) mass is 288 g/mol. The molecule has 0 aromatic rings. The molecule has 3 unspecified atom stereocenters. The lowest BCUT2D eigenvalue weighted by Gasteiger charge is -2.60. The van der Waals surface area contributed by atoms with Crippen molar-refractivity contribution in [3.8, 4) is 0 Å². The average molecular weight is 288 g/mol. The van der Waals surface area contributed by atoms with Crippen molar-refractivity contribution in [3.05, 3.63) is 12.2 Å². The Hall–Kier alpha value is -0.300. The fourth-order valence-corrected chi connectivity index (χ4v) is 7.13.